The molecule has 0 radical (unpaired) electrons. The summed E-state index contributed by atoms with van der Waals surface area (Å²) in [6.45, 7) is 10.3. The minimum absolute atomic E-state index is 1.02. The molecule has 10 atom stereocenters. The van der Waals surface area contributed by atoms with Crippen LogP contribution in [0.3, 0.4) is 0 Å². The Morgan fingerprint density at radius 1 is 0.458 bits per heavy atom. The topological polar surface area (TPSA) is 0 Å². The number of fused-ring (bicyclic) bond motifs is 2. The molecule has 10 unspecified atom stereocenters. The summed E-state index contributed by atoms with van der Waals surface area (Å²) in [5, 5.41) is 0. The van der Waals surface area contributed by atoms with E-state index in [4.69, 9.17) is 0 Å². The lowest BCUT2D eigenvalue weighted by molar-refractivity contribution is 0.0842. The van der Waals surface area contributed by atoms with Gasteiger partial charge in [-0.15, -0.1) is 0 Å². The predicted molar refractivity (Wildman–Crippen MR) is 104 cm³/mol. The SMILES string of the molecule is CC1CCC(C)C2C(CCC3CCC4C(C)CCC(C)C34)CCC12. The van der Waals surface area contributed by atoms with E-state index in [1.165, 1.54) is 25.7 Å². The molecule has 4 saturated carbocycles. The molecular formula is C24H42. The molecule has 0 N–H and O–H groups in total. The molecule has 0 saturated heterocycles. The van der Waals surface area contributed by atoms with Gasteiger partial charge in [0.15, 0.2) is 0 Å². The van der Waals surface area contributed by atoms with E-state index < -0.39 is 0 Å². The molecule has 0 aliphatic heterocycles. The Morgan fingerprint density at radius 3 is 1.25 bits per heavy atom. The summed E-state index contributed by atoms with van der Waals surface area (Å²) >= 11 is 0. The highest BCUT2D eigenvalue weighted by molar-refractivity contribution is 4.96. The van der Waals surface area contributed by atoms with Gasteiger partial charge in [0.25, 0.3) is 0 Å². The minimum Gasteiger partial charge on any atom is -0.0622 e. The quantitative estimate of drug-likeness (QED) is 0.514. The maximum absolute atomic E-state index is 2.58. The van der Waals surface area contributed by atoms with Gasteiger partial charge < -0.3 is 0 Å². The Kier molecular flexibility index (Phi) is 5.05. The molecule has 0 spiro atoms. The molecule has 138 valence electrons. The predicted octanol–water partition coefficient (Wildman–Crippen LogP) is 7.18. The minimum atomic E-state index is 1.02. The standard InChI is InChI=1S/C24H42/c1-15-5-7-17(3)23-19(11-13-21(15)23)9-10-20-12-14-22-16(2)6-8-18(4)24(20)22/h15-24H,5-14H2,1-4H3. The van der Waals surface area contributed by atoms with E-state index in [1.54, 1.807) is 38.5 Å². The summed E-state index contributed by atoms with van der Waals surface area (Å²) in [6.07, 6.45) is 15.5. The zero-order valence-corrected chi connectivity index (χ0v) is 16.8. The lowest BCUT2D eigenvalue weighted by atomic mass is 9.64. The molecular weight excluding hydrogens is 288 g/mol. The van der Waals surface area contributed by atoms with Crippen LogP contribution in [0.25, 0.3) is 0 Å². The van der Waals surface area contributed by atoms with Gasteiger partial charge in [-0.1, -0.05) is 53.4 Å². The second-order valence-electron chi connectivity index (χ2n) is 10.8. The lowest BCUT2D eigenvalue weighted by Gasteiger charge is -2.41. The van der Waals surface area contributed by atoms with Crippen molar-refractivity contribution in [2.45, 2.75) is 91.9 Å². The first-order valence-electron chi connectivity index (χ1n) is 11.6. The Balaban J connectivity index is 1.37. The number of hydrogen-bond acceptors (Lipinski definition) is 0. The van der Waals surface area contributed by atoms with Gasteiger partial charge >= 0.3 is 0 Å². The molecule has 0 amide bonds. The highest BCUT2D eigenvalue weighted by Gasteiger charge is 2.46. The third kappa shape index (κ3) is 2.99. The normalized spacial score (nSPS) is 54.5. The van der Waals surface area contributed by atoms with Crippen LogP contribution in [0.2, 0.25) is 0 Å². The van der Waals surface area contributed by atoms with E-state index in [9.17, 15) is 0 Å². The number of hydrogen-bond donors (Lipinski definition) is 0. The highest BCUT2D eigenvalue weighted by Crippen LogP contribution is 2.55. The molecule has 0 aromatic heterocycles. The summed E-state index contributed by atoms with van der Waals surface area (Å²) in [5.41, 5.74) is 0. The van der Waals surface area contributed by atoms with Crippen molar-refractivity contribution in [2.24, 2.45) is 59.2 Å². The van der Waals surface area contributed by atoms with Crippen LogP contribution in [0.4, 0.5) is 0 Å². The molecule has 0 heteroatoms. The molecule has 4 rings (SSSR count). The largest absolute Gasteiger partial charge is 0.0622 e. The van der Waals surface area contributed by atoms with E-state index in [1.807, 2.05) is 0 Å². The van der Waals surface area contributed by atoms with Crippen molar-refractivity contribution in [1.82, 2.24) is 0 Å². The average molecular weight is 331 g/mol. The molecule has 4 aliphatic rings. The Labute approximate surface area is 151 Å². The molecule has 4 aliphatic carbocycles. The summed E-state index contributed by atoms with van der Waals surface area (Å²) in [7, 11) is 0. The lowest BCUT2D eigenvalue weighted by Crippen LogP contribution is -2.33. The monoisotopic (exact) mass is 330 g/mol. The first-order chi connectivity index (χ1) is 11.6. The Morgan fingerprint density at radius 2 is 0.833 bits per heavy atom. The van der Waals surface area contributed by atoms with Gasteiger partial charge in [-0.2, -0.15) is 0 Å². The van der Waals surface area contributed by atoms with Crippen molar-refractivity contribution in [3.63, 3.8) is 0 Å². The van der Waals surface area contributed by atoms with Crippen LogP contribution >= 0.6 is 0 Å². The average Bonchev–Trinajstić information content (AvgIpc) is 3.18. The zero-order chi connectivity index (χ0) is 16.8. The second-order valence-corrected chi connectivity index (χ2v) is 10.8. The Bertz CT molecular complexity index is 386. The molecule has 0 aromatic rings. The van der Waals surface area contributed by atoms with E-state index in [-0.39, 0.29) is 0 Å². The van der Waals surface area contributed by atoms with E-state index in [0.29, 0.717) is 0 Å². The van der Waals surface area contributed by atoms with Crippen LogP contribution in [0, 0.1) is 59.2 Å². The highest BCUT2D eigenvalue weighted by atomic mass is 14.5. The van der Waals surface area contributed by atoms with Gasteiger partial charge in [0, 0.05) is 0 Å². The fourth-order valence-corrected chi connectivity index (χ4v) is 8.35. The van der Waals surface area contributed by atoms with Gasteiger partial charge in [-0.25, -0.2) is 0 Å². The fourth-order valence-electron chi connectivity index (χ4n) is 8.35. The van der Waals surface area contributed by atoms with Crippen LogP contribution in [0.1, 0.15) is 91.9 Å². The first kappa shape index (κ1) is 17.4. The first-order valence-corrected chi connectivity index (χ1v) is 11.6. The van der Waals surface area contributed by atoms with Crippen molar-refractivity contribution in [2.75, 3.05) is 0 Å². The molecule has 0 bridgehead atoms. The van der Waals surface area contributed by atoms with Gasteiger partial charge in [0.2, 0.25) is 0 Å². The number of rotatable bonds is 3. The van der Waals surface area contributed by atoms with Crippen LogP contribution in [-0.2, 0) is 0 Å². The smallest absolute Gasteiger partial charge is 0.0329 e. The summed E-state index contributed by atoms with van der Waals surface area (Å²) in [4.78, 5) is 0. The summed E-state index contributed by atoms with van der Waals surface area (Å²) in [6, 6.07) is 0. The van der Waals surface area contributed by atoms with Crippen LogP contribution < -0.4 is 0 Å². The maximum Gasteiger partial charge on any atom is -0.0329 e. The summed E-state index contributed by atoms with van der Waals surface area (Å²) in [5.74, 6) is 10.6. The molecule has 24 heavy (non-hydrogen) atoms. The van der Waals surface area contributed by atoms with Crippen molar-refractivity contribution in [3.05, 3.63) is 0 Å². The maximum atomic E-state index is 2.58. The van der Waals surface area contributed by atoms with Crippen LogP contribution in [-0.4, -0.2) is 0 Å². The van der Waals surface area contributed by atoms with Gasteiger partial charge in [-0.05, 0) is 97.7 Å². The van der Waals surface area contributed by atoms with E-state index >= 15 is 0 Å². The summed E-state index contributed by atoms with van der Waals surface area (Å²) < 4.78 is 0. The third-order valence-corrected chi connectivity index (χ3v) is 9.66. The molecule has 0 aromatic carbocycles. The van der Waals surface area contributed by atoms with E-state index in [0.717, 1.165) is 59.2 Å². The fraction of sp³-hybridized carbons (Fsp3) is 1.00. The molecule has 0 nitrogen and oxygen atoms in total. The van der Waals surface area contributed by atoms with E-state index in [2.05, 4.69) is 27.7 Å². The second kappa shape index (κ2) is 6.96. The van der Waals surface area contributed by atoms with Crippen molar-refractivity contribution < 1.29 is 0 Å². The van der Waals surface area contributed by atoms with Crippen molar-refractivity contribution in [3.8, 4) is 0 Å². The molecule has 0 heterocycles. The zero-order valence-electron chi connectivity index (χ0n) is 16.8. The van der Waals surface area contributed by atoms with Crippen LogP contribution in [0.5, 0.6) is 0 Å². The Hall–Kier alpha value is 0. The van der Waals surface area contributed by atoms with Crippen LogP contribution in [0.15, 0.2) is 0 Å². The van der Waals surface area contributed by atoms with Crippen molar-refractivity contribution in [1.29, 1.82) is 0 Å². The van der Waals surface area contributed by atoms with Gasteiger partial charge in [0.05, 0.1) is 0 Å². The van der Waals surface area contributed by atoms with Crippen molar-refractivity contribution >= 4 is 0 Å². The third-order valence-electron chi connectivity index (χ3n) is 9.66. The molecule has 4 fully saturated rings. The van der Waals surface area contributed by atoms with Gasteiger partial charge in [0.1, 0.15) is 0 Å². The van der Waals surface area contributed by atoms with Gasteiger partial charge in [-0.3, -0.25) is 0 Å².